The van der Waals surface area contributed by atoms with Crippen LogP contribution in [0.15, 0.2) is 18.2 Å². The van der Waals surface area contributed by atoms with Crippen molar-refractivity contribution >= 4 is 23.6 Å². The third kappa shape index (κ3) is 4.66. The summed E-state index contributed by atoms with van der Waals surface area (Å²) in [4.78, 5) is 26.9. The third-order valence-electron chi connectivity index (χ3n) is 4.83. The number of nitrogens with zero attached hydrogens (tertiary/aromatic N) is 2. The number of carboxylic acids is 1. The van der Waals surface area contributed by atoms with Gasteiger partial charge in [0.15, 0.2) is 0 Å². The Kier molecular flexibility index (Phi) is 6.01. The summed E-state index contributed by atoms with van der Waals surface area (Å²) in [6, 6.07) is 5.70. The SMILES string of the molecule is CN(CC(=O)O)CC1CN(C(=O)NC2CCc3cc(Cl)ccc32)CCO1. The van der Waals surface area contributed by atoms with Crippen molar-refractivity contribution in [3.05, 3.63) is 34.3 Å². The zero-order valence-electron chi connectivity index (χ0n) is 14.8. The predicted octanol–water partition coefficient (Wildman–Crippen LogP) is 1.75. The van der Waals surface area contributed by atoms with E-state index in [-0.39, 0.29) is 24.7 Å². The summed E-state index contributed by atoms with van der Waals surface area (Å²) in [5.41, 5.74) is 2.33. The van der Waals surface area contributed by atoms with Crippen LogP contribution in [-0.4, -0.2) is 72.8 Å². The maximum atomic E-state index is 12.7. The van der Waals surface area contributed by atoms with Gasteiger partial charge in [0.05, 0.1) is 25.3 Å². The average molecular weight is 382 g/mol. The van der Waals surface area contributed by atoms with Crippen LogP contribution in [0.5, 0.6) is 0 Å². The molecule has 2 amide bonds. The van der Waals surface area contributed by atoms with Crippen LogP contribution < -0.4 is 5.32 Å². The van der Waals surface area contributed by atoms with E-state index < -0.39 is 5.97 Å². The normalized spacial score (nSPS) is 22.3. The van der Waals surface area contributed by atoms with E-state index in [1.54, 1.807) is 16.8 Å². The van der Waals surface area contributed by atoms with Gasteiger partial charge in [-0.15, -0.1) is 0 Å². The number of morpholine rings is 1. The first-order valence-electron chi connectivity index (χ1n) is 8.78. The second-order valence-electron chi connectivity index (χ2n) is 6.91. The van der Waals surface area contributed by atoms with Gasteiger partial charge < -0.3 is 20.1 Å². The van der Waals surface area contributed by atoms with Crippen molar-refractivity contribution in [3.63, 3.8) is 0 Å². The fourth-order valence-electron chi connectivity index (χ4n) is 3.63. The van der Waals surface area contributed by atoms with Crippen LogP contribution in [0.1, 0.15) is 23.6 Å². The van der Waals surface area contributed by atoms with E-state index in [2.05, 4.69) is 5.32 Å². The summed E-state index contributed by atoms with van der Waals surface area (Å²) in [5.74, 6) is -0.877. The van der Waals surface area contributed by atoms with Crippen molar-refractivity contribution in [1.29, 1.82) is 0 Å². The van der Waals surface area contributed by atoms with Gasteiger partial charge in [-0.3, -0.25) is 9.69 Å². The molecule has 1 fully saturated rings. The third-order valence-corrected chi connectivity index (χ3v) is 5.06. The van der Waals surface area contributed by atoms with Crippen molar-refractivity contribution in [3.8, 4) is 0 Å². The Morgan fingerprint density at radius 2 is 2.27 bits per heavy atom. The molecule has 1 aliphatic heterocycles. The highest BCUT2D eigenvalue weighted by molar-refractivity contribution is 6.30. The number of ether oxygens (including phenoxy) is 1. The monoisotopic (exact) mass is 381 g/mol. The molecule has 1 aromatic rings. The lowest BCUT2D eigenvalue weighted by atomic mass is 10.1. The lowest BCUT2D eigenvalue weighted by Crippen LogP contribution is -2.52. The standard InChI is InChI=1S/C18H24ClN3O4/c1-21(11-17(23)24)9-14-10-22(6-7-26-14)18(25)20-16-5-2-12-8-13(19)3-4-15(12)16/h3-4,8,14,16H,2,5-7,9-11H2,1H3,(H,20,25)(H,23,24). The van der Waals surface area contributed by atoms with Crippen LogP contribution in [0.2, 0.25) is 5.02 Å². The Balaban J connectivity index is 1.54. The van der Waals surface area contributed by atoms with Crippen molar-refractivity contribution in [1.82, 2.24) is 15.1 Å². The predicted molar refractivity (Wildman–Crippen MR) is 97.5 cm³/mol. The number of carbonyl (C=O) groups excluding carboxylic acids is 1. The summed E-state index contributed by atoms with van der Waals surface area (Å²) < 4.78 is 5.68. The quantitative estimate of drug-likeness (QED) is 0.812. The molecule has 26 heavy (non-hydrogen) atoms. The largest absolute Gasteiger partial charge is 0.480 e. The lowest BCUT2D eigenvalue weighted by Gasteiger charge is -2.35. The second kappa shape index (κ2) is 8.24. The lowest BCUT2D eigenvalue weighted by molar-refractivity contribution is -0.138. The van der Waals surface area contributed by atoms with Crippen molar-refractivity contribution < 1.29 is 19.4 Å². The van der Waals surface area contributed by atoms with Crippen molar-refractivity contribution in [2.24, 2.45) is 0 Å². The minimum Gasteiger partial charge on any atom is -0.480 e. The summed E-state index contributed by atoms with van der Waals surface area (Å²) in [6.07, 6.45) is 1.59. The zero-order chi connectivity index (χ0) is 18.7. The molecule has 1 aliphatic carbocycles. The van der Waals surface area contributed by atoms with Gasteiger partial charge >= 0.3 is 12.0 Å². The van der Waals surface area contributed by atoms with Crippen LogP contribution in [-0.2, 0) is 16.0 Å². The second-order valence-corrected chi connectivity index (χ2v) is 7.35. The molecule has 1 heterocycles. The molecular weight excluding hydrogens is 358 g/mol. The highest BCUT2D eigenvalue weighted by Crippen LogP contribution is 2.33. The van der Waals surface area contributed by atoms with E-state index in [0.717, 1.165) is 23.4 Å². The number of halogens is 1. The van der Waals surface area contributed by atoms with Gasteiger partial charge in [0.2, 0.25) is 0 Å². The van der Waals surface area contributed by atoms with Gasteiger partial charge in [0.25, 0.3) is 0 Å². The molecule has 0 saturated carbocycles. The van der Waals surface area contributed by atoms with E-state index in [1.807, 2.05) is 18.2 Å². The number of rotatable bonds is 5. The van der Waals surface area contributed by atoms with Crippen LogP contribution in [0, 0.1) is 0 Å². The topological polar surface area (TPSA) is 82.1 Å². The minimum absolute atomic E-state index is 0.00532. The molecule has 0 aromatic heterocycles. The molecule has 1 saturated heterocycles. The van der Waals surface area contributed by atoms with Gasteiger partial charge in [-0.25, -0.2) is 4.79 Å². The molecule has 7 nitrogen and oxygen atoms in total. The van der Waals surface area contributed by atoms with Gasteiger partial charge in [-0.1, -0.05) is 17.7 Å². The van der Waals surface area contributed by atoms with Crippen molar-refractivity contribution in [2.45, 2.75) is 25.0 Å². The molecule has 142 valence electrons. The number of aliphatic carboxylic acids is 1. The summed E-state index contributed by atoms with van der Waals surface area (Å²) in [6.45, 7) is 1.87. The van der Waals surface area contributed by atoms with Gasteiger partial charge in [-0.05, 0) is 43.1 Å². The van der Waals surface area contributed by atoms with E-state index >= 15 is 0 Å². The number of hydrogen-bond donors (Lipinski definition) is 2. The molecular formula is C18H24ClN3O4. The summed E-state index contributed by atoms with van der Waals surface area (Å²) >= 11 is 6.04. The Labute approximate surface area is 157 Å². The zero-order valence-corrected chi connectivity index (χ0v) is 15.5. The van der Waals surface area contributed by atoms with Crippen molar-refractivity contribution in [2.75, 3.05) is 39.8 Å². The maximum absolute atomic E-state index is 12.7. The number of likely N-dealkylation sites (N-methyl/N-ethyl adjacent to an activating group) is 1. The maximum Gasteiger partial charge on any atom is 0.318 e. The average Bonchev–Trinajstić information content (AvgIpc) is 2.96. The van der Waals surface area contributed by atoms with E-state index in [4.69, 9.17) is 21.4 Å². The van der Waals surface area contributed by atoms with Crippen LogP contribution in [0.25, 0.3) is 0 Å². The highest BCUT2D eigenvalue weighted by Gasteiger charge is 2.29. The number of urea groups is 1. The highest BCUT2D eigenvalue weighted by atomic mass is 35.5. The van der Waals surface area contributed by atoms with E-state index in [1.165, 1.54) is 5.56 Å². The number of carbonyl (C=O) groups is 2. The Morgan fingerprint density at radius 1 is 1.46 bits per heavy atom. The fourth-order valence-corrected chi connectivity index (χ4v) is 3.83. The van der Waals surface area contributed by atoms with E-state index in [0.29, 0.717) is 26.2 Å². The molecule has 0 spiro atoms. The number of aryl methyl sites for hydroxylation is 1. The van der Waals surface area contributed by atoms with Crippen LogP contribution in [0.4, 0.5) is 4.79 Å². The molecule has 2 N–H and O–H groups in total. The summed E-state index contributed by atoms with van der Waals surface area (Å²) in [5, 5.41) is 12.7. The van der Waals surface area contributed by atoms with Gasteiger partial charge in [-0.2, -0.15) is 0 Å². The molecule has 0 radical (unpaired) electrons. The molecule has 2 atom stereocenters. The Morgan fingerprint density at radius 3 is 3.04 bits per heavy atom. The van der Waals surface area contributed by atoms with Crippen LogP contribution >= 0.6 is 11.6 Å². The Bertz CT molecular complexity index is 684. The number of nitrogens with one attached hydrogen (secondary N) is 1. The number of hydrogen-bond acceptors (Lipinski definition) is 4. The van der Waals surface area contributed by atoms with E-state index in [9.17, 15) is 9.59 Å². The summed E-state index contributed by atoms with van der Waals surface area (Å²) in [7, 11) is 1.73. The molecule has 2 unspecified atom stereocenters. The molecule has 2 aliphatic rings. The molecule has 1 aromatic carbocycles. The van der Waals surface area contributed by atoms with Gasteiger partial charge in [0.1, 0.15) is 0 Å². The number of fused-ring (bicyclic) bond motifs is 1. The molecule has 3 rings (SSSR count). The smallest absolute Gasteiger partial charge is 0.318 e. The minimum atomic E-state index is -0.877. The first-order valence-corrected chi connectivity index (χ1v) is 9.16. The number of carboxylic acid groups (broad SMARTS) is 1. The van der Waals surface area contributed by atoms with Gasteiger partial charge in [0, 0.05) is 24.7 Å². The first-order chi connectivity index (χ1) is 12.4. The Hall–Kier alpha value is -1.83. The molecule has 0 bridgehead atoms. The number of amides is 2. The molecule has 8 heteroatoms. The number of benzene rings is 1. The van der Waals surface area contributed by atoms with Crippen LogP contribution in [0.3, 0.4) is 0 Å². The fraction of sp³-hybridized carbons (Fsp3) is 0.556. The first kappa shape index (κ1) is 18.9.